The third-order valence-corrected chi connectivity index (χ3v) is 9.33. The number of sulfone groups is 1. The number of ether oxygens (including phenoxy) is 1. The molecule has 11 heteroatoms. The van der Waals surface area contributed by atoms with Gasteiger partial charge in [-0.2, -0.15) is 13.2 Å². The molecule has 0 aliphatic rings. The quantitative estimate of drug-likeness (QED) is 0.257. The van der Waals surface area contributed by atoms with E-state index in [0.717, 1.165) is 22.2 Å². The van der Waals surface area contributed by atoms with Crippen LogP contribution in [0.15, 0.2) is 66.7 Å². The first kappa shape index (κ1) is 27.0. The molecule has 0 fully saturated rings. The van der Waals surface area contributed by atoms with Gasteiger partial charge in [0.05, 0.1) is 15.2 Å². The number of halogens is 4. The molecule has 0 spiro atoms. The molecule has 0 saturated heterocycles. The Kier molecular flexibility index (Phi) is 7.04. The summed E-state index contributed by atoms with van der Waals surface area (Å²) < 4.78 is 68.1. The second kappa shape index (κ2) is 9.66. The minimum Gasteiger partial charge on any atom is -0.457 e. The highest BCUT2D eigenvalue weighted by atomic mass is 35.5. The van der Waals surface area contributed by atoms with E-state index in [9.17, 15) is 26.4 Å². The van der Waals surface area contributed by atoms with E-state index < -0.39 is 32.2 Å². The van der Waals surface area contributed by atoms with Gasteiger partial charge >= 0.3 is 6.18 Å². The number of hydrogen-bond acceptors (Lipinski definition) is 5. The van der Waals surface area contributed by atoms with Gasteiger partial charge in [-0.05, 0) is 79.4 Å². The fraction of sp³-hybridized carbons (Fsp3) is 0.192. The van der Waals surface area contributed by atoms with Crippen LogP contribution in [-0.2, 0) is 20.8 Å². The number of anilines is 1. The van der Waals surface area contributed by atoms with E-state index in [2.05, 4.69) is 5.32 Å². The summed E-state index contributed by atoms with van der Waals surface area (Å²) in [6.45, 7) is 3.26. The van der Waals surface area contributed by atoms with E-state index in [1.807, 2.05) is 0 Å². The summed E-state index contributed by atoms with van der Waals surface area (Å²) in [6.07, 6.45) is -3.27. The van der Waals surface area contributed by atoms with Gasteiger partial charge in [-0.1, -0.05) is 17.7 Å². The number of thiophene rings is 1. The predicted octanol–water partition coefficient (Wildman–Crippen LogP) is 7.90. The second-order valence-electron chi connectivity index (χ2n) is 8.90. The first-order chi connectivity index (χ1) is 17.1. The molecule has 0 saturated carbocycles. The van der Waals surface area contributed by atoms with E-state index in [4.69, 9.17) is 16.3 Å². The van der Waals surface area contributed by atoms with Crippen molar-refractivity contribution in [3.05, 3.63) is 87.8 Å². The molecule has 0 aliphatic heterocycles. The fourth-order valence-corrected chi connectivity index (χ4v) is 5.20. The molecule has 1 aromatic heterocycles. The van der Waals surface area contributed by atoms with Crippen molar-refractivity contribution in [3.63, 3.8) is 0 Å². The number of nitrogens with one attached hydrogen (secondary N) is 1. The molecule has 1 N–H and O–H groups in total. The standard InChI is InChI=1S/C26H21ClF3NO4S2/c1-25(2,37(3,33)34)17-6-9-22-15(10-17)11-23(36-22)24(32)31-19-12-18(27)13-21(14-19)35-20-7-4-16(5-8-20)26(28,29)30/h4-14H,1-3H3,(H,31,32). The van der Waals surface area contributed by atoms with Gasteiger partial charge < -0.3 is 10.1 Å². The lowest BCUT2D eigenvalue weighted by Crippen LogP contribution is -2.27. The highest BCUT2D eigenvalue weighted by molar-refractivity contribution is 7.91. The van der Waals surface area contributed by atoms with Gasteiger partial charge in [-0.25, -0.2) is 8.42 Å². The number of rotatable bonds is 6. The molecule has 0 radical (unpaired) electrons. The highest BCUT2D eigenvalue weighted by Gasteiger charge is 2.32. The summed E-state index contributed by atoms with van der Waals surface area (Å²) in [4.78, 5) is 13.3. The highest BCUT2D eigenvalue weighted by Crippen LogP contribution is 2.35. The Balaban J connectivity index is 1.54. The minimum absolute atomic E-state index is 0.171. The van der Waals surface area contributed by atoms with Crippen molar-refractivity contribution in [2.75, 3.05) is 11.6 Å². The van der Waals surface area contributed by atoms with Crippen LogP contribution in [-0.4, -0.2) is 20.6 Å². The van der Waals surface area contributed by atoms with Gasteiger partial charge in [0.25, 0.3) is 5.91 Å². The van der Waals surface area contributed by atoms with E-state index in [1.165, 1.54) is 47.9 Å². The third kappa shape index (κ3) is 5.92. The molecule has 4 aromatic rings. The molecule has 0 bridgehead atoms. The number of alkyl halides is 3. The Hall–Kier alpha value is -3.08. The number of hydrogen-bond donors (Lipinski definition) is 1. The molecule has 0 unspecified atom stereocenters. The first-order valence-corrected chi connectivity index (χ1v) is 13.9. The van der Waals surface area contributed by atoms with Gasteiger partial charge in [0.15, 0.2) is 9.84 Å². The predicted molar refractivity (Wildman–Crippen MR) is 141 cm³/mol. The number of fused-ring (bicyclic) bond motifs is 1. The van der Waals surface area contributed by atoms with E-state index in [-0.39, 0.29) is 16.5 Å². The maximum absolute atomic E-state index is 13.0. The Morgan fingerprint density at radius 3 is 2.19 bits per heavy atom. The van der Waals surface area contributed by atoms with Crippen LogP contribution >= 0.6 is 22.9 Å². The van der Waals surface area contributed by atoms with Crippen molar-refractivity contribution in [2.45, 2.75) is 24.8 Å². The van der Waals surface area contributed by atoms with E-state index in [1.54, 1.807) is 38.1 Å². The average Bonchev–Trinajstić information content (AvgIpc) is 3.21. The number of amides is 1. The SMILES string of the molecule is CC(C)(c1ccc2sc(C(=O)Nc3cc(Cl)cc(Oc4ccc(C(F)(F)F)cc4)c3)cc2c1)S(C)(=O)=O. The zero-order valence-corrected chi connectivity index (χ0v) is 22.2. The lowest BCUT2D eigenvalue weighted by molar-refractivity contribution is -0.137. The van der Waals surface area contributed by atoms with Gasteiger partial charge in [-0.3, -0.25) is 4.79 Å². The number of benzene rings is 3. The van der Waals surface area contributed by atoms with E-state index in [0.29, 0.717) is 16.1 Å². The molecule has 0 aliphatic carbocycles. The minimum atomic E-state index is -4.45. The van der Waals surface area contributed by atoms with Crippen molar-refractivity contribution >= 4 is 54.5 Å². The van der Waals surface area contributed by atoms with Gasteiger partial charge in [0.2, 0.25) is 0 Å². The summed E-state index contributed by atoms with van der Waals surface area (Å²) in [7, 11) is -3.36. The van der Waals surface area contributed by atoms with Crippen LogP contribution in [0.5, 0.6) is 11.5 Å². The van der Waals surface area contributed by atoms with Gasteiger partial charge in [-0.15, -0.1) is 11.3 Å². The zero-order valence-electron chi connectivity index (χ0n) is 19.8. The van der Waals surface area contributed by atoms with Crippen LogP contribution in [0.3, 0.4) is 0 Å². The lowest BCUT2D eigenvalue weighted by Gasteiger charge is -2.23. The smallest absolute Gasteiger partial charge is 0.416 e. The second-order valence-corrected chi connectivity index (χ2v) is 13.0. The average molecular weight is 568 g/mol. The summed E-state index contributed by atoms with van der Waals surface area (Å²) in [5.41, 5.74) is 0.150. The van der Waals surface area contributed by atoms with Gasteiger partial charge in [0.1, 0.15) is 11.5 Å². The zero-order chi connectivity index (χ0) is 27.2. The maximum atomic E-state index is 13.0. The van der Waals surface area contributed by atoms with Crippen molar-refractivity contribution in [3.8, 4) is 11.5 Å². The molecule has 1 amide bonds. The van der Waals surface area contributed by atoms with Crippen molar-refractivity contribution in [2.24, 2.45) is 0 Å². The summed E-state index contributed by atoms with van der Waals surface area (Å²) in [5.74, 6) is -0.00992. The Morgan fingerprint density at radius 2 is 1.57 bits per heavy atom. The first-order valence-electron chi connectivity index (χ1n) is 10.8. The normalized spacial score (nSPS) is 12.5. The van der Waals surface area contributed by atoms with Crippen LogP contribution in [0.25, 0.3) is 10.1 Å². The van der Waals surface area contributed by atoms with Crippen LogP contribution < -0.4 is 10.1 Å². The fourth-order valence-electron chi connectivity index (χ4n) is 3.48. The lowest BCUT2D eigenvalue weighted by atomic mass is 10.0. The molecule has 5 nitrogen and oxygen atoms in total. The molecule has 3 aromatic carbocycles. The van der Waals surface area contributed by atoms with E-state index >= 15 is 0 Å². The Morgan fingerprint density at radius 1 is 0.919 bits per heavy atom. The Labute approximate surface area is 220 Å². The molecular formula is C26H21ClF3NO4S2. The third-order valence-electron chi connectivity index (χ3n) is 5.91. The number of carbonyl (C=O) groups is 1. The summed E-state index contributed by atoms with van der Waals surface area (Å²) in [6, 6.07) is 15.7. The summed E-state index contributed by atoms with van der Waals surface area (Å²) in [5, 5.41) is 3.74. The maximum Gasteiger partial charge on any atom is 0.416 e. The topological polar surface area (TPSA) is 72.5 Å². The molecule has 0 atom stereocenters. The molecule has 4 rings (SSSR count). The van der Waals surface area contributed by atoms with Crippen molar-refractivity contribution < 1.29 is 31.1 Å². The van der Waals surface area contributed by atoms with Crippen LogP contribution in [0.4, 0.5) is 18.9 Å². The van der Waals surface area contributed by atoms with Crippen molar-refractivity contribution in [1.29, 1.82) is 0 Å². The monoisotopic (exact) mass is 567 g/mol. The van der Waals surface area contributed by atoms with Crippen molar-refractivity contribution in [1.82, 2.24) is 0 Å². The van der Waals surface area contributed by atoms with Crippen LogP contribution in [0, 0.1) is 0 Å². The molecular weight excluding hydrogens is 547 g/mol. The largest absolute Gasteiger partial charge is 0.457 e. The van der Waals surface area contributed by atoms with Gasteiger partial charge in [0, 0.05) is 27.7 Å². The Bertz CT molecular complexity index is 1590. The molecule has 37 heavy (non-hydrogen) atoms. The molecule has 194 valence electrons. The number of carbonyl (C=O) groups excluding carboxylic acids is 1. The van der Waals surface area contributed by atoms with Crippen LogP contribution in [0.2, 0.25) is 5.02 Å². The van der Waals surface area contributed by atoms with Crippen LogP contribution in [0.1, 0.15) is 34.6 Å². The molecule has 1 heterocycles. The summed E-state index contributed by atoms with van der Waals surface area (Å²) >= 11 is 7.41.